The van der Waals surface area contributed by atoms with E-state index in [1.165, 1.54) is 11.1 Å². The number of nitrogens with one attached hydrogen (secondary N) is 1. The molecule has 0 aliphatic carbocycles. The van der Waals surface area contributed by atoms with Crippen LogP contribution in [0.3, 0.4) is 0 Å². The zero-order chi connectivity index (χ0) is 14.5. The molecule has 20 heavy (non-hydrogen) atoms. The van der Waals surface area contributed by atoms with E-state index in [9.17, 15) is 0 Å². The van der Waals surface area contributed by atoms with Crippen LogP contribution in [0.15, 0.2) is 24.5 Å². The van der Waals surface area contributed by atoms with Crippen LogP contribution in [0.1, 0.15) is 29.3 Å². The molecule has 0 aliphatic heterocycles. The zero-order valence-corrected chi connectivity index (χ0v) is 12.5. The highest BCUT2D eigenvalue weighted by molar-refractivity contribution is 5.43. The lowest BCUT2D eigenvalue weighted by atomic mass is 10.1. The van der Waals surface area contributed by atoms with E-state index in [0.29, 0.717) is 12.4 Å². The molecular formula is C16H21N3O. The van der Waals surface area contributed by atoms with E-state index in [2.05, 4.69) is 49.0 Å². The van der Waals surface area contributed by atoms with Crippen LogP contribution in [0.4, 0.5) is 0 Å². The molecule has 106 valence electrons. The molecule has 0 aliphatic rings. The Bertz CT molecular complexity index is 596. The topological polar surface area (TPSA) is 47.0 Å². The lowest BCUT2D eigenvalue weighted by Gasteiger charge is -2.11. The summed E-state index contributed by atoms with van der Waals surface area (Å²) in [5.41, 5.74) is 4.41. The Morgan fingerprint density at radius 1 is 1.15 bits per heavy atom. The van der Waals surface area contributed by atoms with Crippen molar-refractivity contribution in [2.75, 3.05) is 6.54 Å². The van der Waals surface area contributed by atoms with Crippen LogP contribution in [-0.2, 0) is 6.54 Å². The van der Waals surface area contributed by atoms with Crippen LogP contribution in [0.2, 0.25) is 0 Å². The molecule has 0 bridgehead atoms. The van der Waals surface area contributed by atoms with Gasteiger partial charge in [-0.2, -0.15) is 0 Å². The van der Waals surface area contributed by atoms with Crippen molar-refractivity contribution >= 4 is 0 Å². The predicted molar refractivity (Wildman–Crippen MR) is 80.1 cm³/mol. The Morgan fingerprint density at radius 2 is 1.95 bits per heavy atom. The van der Waals surface area contributed by atoms with Gasteiger partial charge in [0.2, 0.25) is 5.88 Å². The molecule has 1 heterocycles. The average molecular weight is 271 g/mol. The summed E-state index contributed by atoms with van der Waals surface area (Å²) in [5.74, 6) is 1.38. The van der Waals surface area contributed by atoms with Crippen molar-refractivity contribution in [2.24, 2.45) is 0 Å². The molecule has 1 N–H and O–H groups in total. The minimum absolute atomic E-state index is 0.536. The third-order valence-electron chi connectivity index (χ3n) is 3.20. The predicted octanol–water partition coefficient (Wildman–Crippen LogP) is 3.30. The molecule has 1 aromatic carbocycles. The zero-order valence-electron chi connectivity index (χ0n) is 12.5. The van der Waals surface area contributed by atoms with Crippen molar-refractivity contribution in [1.29, 1.82) is 0 Å². The molecule has 2 rings (SSSR count). The number of ether oxygens (including phenoxy) is 1. The van der Waals surface area contributed by atoms with E-state index in [1.54, 1.807) is 12.4 Å². The third-order valence-corrected chi connectivity index (χ3v) is 3.20. The monoisotopic (exact) mass is 271 g/mol. The number of rotatable bonds is 5. The fraction of sp³-hybridized carbons (Fsp3) is 0.375. The summed E-state index contributed by atoms with van der Waals surface area (Å²) in [6.45, 7) is 9.87. The fourth-order valence-corrected chi connectivity index (χ4v) is 1.99. The first kappa shape index (κ1) is 14.5. The number of aromatic nitrogens is 2. The highest BCUT2D eigenvalue weighted by Gasteiger charge is 2.07. The second kappa shape index (κ2) is 6.48. The molecule has 0 saturated heterocycles. The van der Waals surface area contributed by atoms with Gasteiger partial charge in [0.15, 0.2) is 0 Å². The van der Waals surface area contributed by atoms with Gasteiger partial charge in [-0.15, -0.1) is 0 Å². The summed E-state index contributed by atoms with van der Waals surface area (Å²) >= 11 is 0. The number of aryl methyl sites for hydroxylation is 2. The normalized spacial score (nSPS) is 10.6. The minimum Gasteiger partial charge on any atom is -0.437 e. The SMILES string of the molecule is CCNCc1cncc(Oc2cc(C)cc(C)c2C)n1. The summed E-state index contributed by atoms with van der Waals surface area (Å²) in [5, 5.41) is 3.23. The Morgan fingerprint density at radius 3 is 2.70 bits per heavy atom. The van der Waals surface area contributed by atoms with Gasteiger partial charge in [0.1, 0.15) is 5.75 Å². The lowest BCUT2D eigenvalue weighted by molar-refractivity contribution is 0.452. The van der Waals surface area contributed by atoms with Crippen molar-refractivity contribution in [3.8, 4) is 11.6 Å². The Labute approximate surface area is 120 Å². The van der Waals surface area contributed by atoms with Crippen LogP contribution < -0.4 is 10.1 Å². The van der Waals surface area contributed by atoms with Crippen LogP contribution in [0.5, 0.6) is 11.6 Å². The van der Waals surface area contributed by atoms with Crippen LogP contribution in [-0.4, -0.2) is 16.5 Å². The van der Waals surface area contributed by atoms with Gasteiger partial charge in [-0.3, -0.25) is 4.98 Å². The molecule has 1 aromatic heterocycles. The lowest BCUT2D eigenvalue weighted by Crippen LogP contribution is -2.13. The Balaban J connectivity index is 2.21. The first-order valence-corrected chi connectivity index (χ1v) is 6.87. The van der Waals surface area contributed by atoms with Crippen LogP contribution in [0.25, 0.3) is 0 Å². The molecule has 2 aromatic rings. The van der Waals surface area contributed by atoms with E-state index >= 15 is 0 Å². The average Bonchev–Trinajstić information content (AvgIpc) is 2.42. The fourth-order valence-electron chi connectivity index (χ4n) is 1.99. The number of hydrogen-bond donors (Lipinski definition) is 1. The molecule has 4 nitrogen and oxygen atoms in total. The van der Waals surface area contributed by atoms with E-state index in [1.807, 2.05) is 6.07 Å². The molecule has 4 heteroatoms. The highest BCUT2D eigenvalue weighted by Crippen LogP contribution is 2.27. The summed E-state index contributed by atoms with van der Waals surface area (Å²) in [4.78, 5) is 8.64. The van der Waals surface area contributed by atoms with E-state index in [4.69, 9.17) is 4.74 Å². The molecular weight excluding hydrogens is 250 g/mol. The summed E-state index contributed by atoms with van der Waals surface area (Å²) in [6.07, 6.45) is 3.40. The summed E-state index contributed by atoms with van der Waals surface area (Å²) < 4.78 is 5.89. The second-order valence-electron chi connectivity index (χ2n) is 4.94. The van der Waals surface area contributed by atoms with Gasteiger partial charge in [-0.1, -0.05) is 13.0 Å². The smallest absolute Gasteiger partial charge is 0.238 e. The Kier molecular flexibility index (Phi) is 4.69. The first-order valence-electron chi connectivity index (χ1n) is 6.87. The van der Waals surface area contributed by atoms with E-state index in [-0.39, 0.29) is 0 Å². The summed E-state index contributed by atoms with van der Waals surface area (Å²) in [7, 11) is 0. The van der Waals surface area contributed by atoms with Gasteiger partial charge in [0, 0.05) is 12.7 Å². The molecule has 0 amide bonds. The second-order valence-corrected chi connectivity index (χ2v) is 4.94. The highest BCUT2D eigenvalue weighted by atomic mass is 16.5. The van der Waals surface area contributed by atoms with Gasteiger partial charge in [-0.05, 0) is 50.1 Å². The van der Waals surface area contributed by atoms with E-state index < -0.39 is 0 Å². The number of benzene rings is 1. The molecule has 0 unspecified atom stereocenters. The maximum atomic E-state index is 5.89. The van der Waals surface area contributed by atoms with Crippen LogP contribution >= 0.6 is 0 Å². The number of hydrogen-bond acceptors (Lipinski definition) is 4. The maximum absolute atomic E-state index is 5.89. The molecule has 0 spiro atoms. The molecule has 0 atom stereocenters. The molecule has 0 radical (unpaired) electrons. The largest absolute Gasteiger partial charge is 0.437 e. The van der Waals surface area contributed by atoms with Crippen LogP contribution in [0, 0.1) is 20.8 Å². The first-order chi connectivity index (χ1) is 9.60. The van der Waals surface area contributed by atoms with E-state index in [0.717, 1.165) is 23.6 Å². The van der Waals surface area contributed by atoms with Gasteiger partial charge < -0.3 is 10.1 Å². The number of nitrogens with zero attached hydrogens (tertiary/aromatic N) is 2. The third kappa shape index (κ3) is 3.54. The minimum atomic E-state index is 0.536. The van der Waals surface area contributed by atoms with Gasteiger partial charge in [-0.25, -0.2) is 4.98 Å². The van der Waals surface area contributed by atoms with Crippen molar-refractivity contribution in [1.82, 2.24) is 15.3 Å². The van der Waals surface area contributed by atoms with Crippen molar-refractivity contribution in [3.05, 3.63) is 46.9 Å². The van der Waals surface area contributed by atoms with Crippen molar-refractivity contribution < 1.29 is 4.74 Å². The Hall–Kier alpha value is -1.94. The van der Waals surface area contributed by atoms with Gasteiger partial charge in [0.25, 0.3) is 0 Å². The molecule has 0 saturated carbocycles. The summed E-state index contributed by atoms with van der Waals surface area (Å²) in [6, 6.07) is 4.18. The molecule has 0 fully saturated rings. The van der Waals surface area contributed by atoms with Gasteiger partial charge in [0.05, 0.1) is 11.9 Å². The van der Waals surface area contributed by atoms with Crippen molar-refractivity contribution in [2.45, 2.75) is 34.2 Å². The van der Waals surface area contributed by atoms with Gasteiger partial charge >= 0.3 is 0 Å². The standard InChI is InChI=1S/C16H21N3O/c1-5-17-8-14-9-18-10-16(19-14)20-15-7-11(2)6-12(3)13(15)4/h6-7,9-10,17H,5,8H2,1-4H3. The maximum Gasteiger partial charge on any atom is 0.238 e. The van der Waals surface area contributed by atoms with Crippen molar-refractivity contribution in [3.63, 3.8) is 0 Å². The quantitative estimate of drug-likeness (QED) is 0.906.